The predicted octanol–water partition coefficient (Wildman–Crippen LogP) is -0.0862. The summed E-state index contributed by atoms with van der Waals surface area (Å²) in [6.45, 7) is 3.84. The van der Waals surface area contributed by atoms with Gasteiger partial charge in [-0.3, -0.25) is 0 Å². The minimum absolute atomic E-state index is 0.0168. The molecule has 0 radical (unpaired) electrons. The Labute approximate surface area is 82.4 Å². The molecule has 0 aromatic rings. The maximum absolute atomic E-state index is 11.4. The summed E-state index contributed by atoms with van der Waals surface area (Å²) < 4.78 is 4.90. The third kappa shape index (κ3) is 1.59. The molecule has 5 heteroatoms. The minimum Gasteiger partial charge on any atom is -0.461 e. The first-order chi connectivity index (χ1) is 6.83. The number of carbonyl (C=O) groups is 1. The summed E-state index contributed by atoms with van der Waals surface area (Å²) in [5, 5.41) is 7.00. The molecule has 0 aromatic carbocycles. The first-order valence-corrected chi connectivity index (χ1v) is 4.94. The van der Waals surface area contributed by atoms with E-state index in [0.29, 0.717) is 12.3 Å². The van der Waals surface area contributed by atoms with Crippen molar-refractivity contribution >= 4 is 11.7 Å². The molecule has 1 N–H and O–H groups in total. The Hall–Kier alpha value is -1.10. The van der Waals surface area contributed by atoms with Crippen LogP contribution in [0.4, 0.5) is 0 Å². The second kappa shape index (κ2) is 3.96. The molecule has 1 saturated heterocycles. The number of nitrogens with zero attached hydrogens (tertiary/aromatic N) is 1. The van der Waals surface area contributed by atoms with Gasteiger partial charge < -0.3 is 14.9 Å². The third-order valence-corrected chi connectivity index (χ3v) is 2.55. The van der Waals surface area contributed by atoms with Gasteiger partial charge in [0, 0.05) is 6.54 Å². The van der Waals surface area contributed by atoms with Crippen LogP contribution in [-0.2, 0) is 14.4 Å². The number of hydrogen-bond donors (Lipinski definition) is 1. The van der Waals surface area contributed by atoms with E-state index in [-0.39, 0.29) is 18.0 Å². The van der Waals surface area contributed by atoms with Crippen molar-refractivity contribution in [3.05, 3.63) is 0 Å². The number of oxime groups is 1. The molecule has 0 aliphatic carbocycles. The van der Waals surface area contributed by atoms with E-state index in [1.165, 1.54) is 0 Å². The maximum Gasteiger partial charge on any atom is 0.356 e. The van der Waals surface area contributed by atoms with E-state index < -0.39 is 0 Å². The van der Waals surface area contributed by atoms with Crippen molar-refractivity contribution in [3.63, 3.8) is 0 Å². The van der Waals surface area contributed by atoms with Gasteiger partial charge in [0.15, 0.2) is 5.71 Å². The lowest BCUT2D eigenvalue weighted by Crippen LogP contribution is -2.43. The Morgan fingerprint density at radius 2 is 2.64 bits per heavy atom. The molecule has 0 spiro atoms. The van der Waals surface area contributed by atoms with Gasteiger partial charge in [-0.05, 0) is 19.9 Å². The van der Waals surface area contributed by atoms with E-state index in [1.54, 1.807) is 6.92 Å². The Kier molecular flexibility index (Phi) is 2.67. The summed E-state index contributed by atoms with van der Waals surface area (Å²) in [4.78, 5) is 16.6. The van der Waals surface area contributed by atoms with Crippen LogP contribution in [0.1, 0.15) is 13.3 Å². The number of fused-ring (bicyclic) bond motifs is 1. The molecule has 2 aliphatic rings. The minimum atomic E-state index is -0.332. The zero-order valence-electron chi connectivity index (χ0n) is 8.16. The topological polar surface area (TPSA) is 59.9 Å². The highest BCUT2D eigenvalue weighted by Crippen LogP contribution is 2.24. The van der Waals surface area contributed by atoms with Gasteiger partial charge in [0.1, 0.15) is 6.10 Å². The van der Waals surface area contributed by atoms with Gasteiger partial charge in [0.05, 0.1) is 12.5 Å². The molecule has 0 bridgehead atoms. The Morgan fingerprint density at radius 1 is 1.79 bits per heavy atom. The van der Waals surface area contributed by atoms with Crippen LogP contribution in [0.2, 0.25) is 0 Å². The first kappa shape index (κ1) is 9.45. The van der Waals surface area contributed by atoms with Crippen LogP contribution >= 0.6 is 0 Å². The number of piperidine rings is 1. The number of rotatable bonds is 2. The van der Waals surface area contributed by atoms with Gasteiger partial charge >= 0.3 is 5.97 Å². The molecule has 2 aliphatic heterocycles. The summed E-state index contributed by atoms with van der Waals surface area (Å²) in [6.07, 6.45) is 0.908. The normalized spacial score (nSPS) is 30.2. The van der Waals surface area contributed by atoms with Crippen LogP contribution in [0.3, 0.4) is 0 Å². The highest BCUT2D eigenvalue weighted by Gasteiger charge is 2.40. The standard InChI is InChI=1S/C9H14N2O3/c1-2-13-9(12)8-6-3-4-10-5-7(6)14-11-8/h6-7,10H,2-5H2,1H3/t6-,7+/m1/s1. The predicted molar refractivity (Wildman–Crippen MR) is 49.9 cm³/mol. The van der Waals surface area contributed by atoms with E-state index in [1.807, 2.05) is 0 Å². The number of ether oxygens (including phenoxy) is 1. The number of carbonyl (C=O) groups excluding carboxylic acids is 1. The van der Waals surface area contributed by atoms with Gasteiger partial charge in [0.25, 0.3) is 0 Å². The van der Waals surface area contributed by atoms with Crippen molar-refractivity contribution in [2.45, 2.75) is 19.4 Å². The van der Waals surface area contributed by atoms with Crippen molar-refractivity contribution in [3.8, 4) is 0 Å². The van der Waals surface area contributed by atoms with Gasteiger partial charge in [-0.15, -0.1) is 0 Å². The van der Waals surface area contributed by atoms with Crippen LogP contribution in [-0.4, -0.2) is 37.5 Å². The lowest BCUT2D eigenvalue weighted by Gasteiger charge is -2.23. The van der Waals surface area contributed by atoms with Gasteiger partial charge in [-0.1, -0.05) is 5.16 Å². The van der Waals surface area contributed by atoms with Gasteiger partial charge in [0.2, 0.25) is 0 Å². The molecule has 14 heavy (non-hydrogen) atoms. The number of nitrogens with one attached hydrogen (secondary N) is 1. The summed E-state index contributed by atoms with van der Waals surface area (Å²) in [6, 6.07) is 0. The molecule has 0 saturated carbocycles. The van der Waals surface area contributed by atoms with Crippen molar-refractivity contribution in [2.24, 2.45) is 11.1 Å². The third-order valence-electron chi connectivity index (χ3n) is 2.55. The fraction of sp³-hybridized carbons (Fsp3) is 0.778. The molecule has 1 fully saturated rings. The van der Waals surface area contributed by atoms with E-state index in [2.05, 4.69) is 10.5 Å². The zero-order chi connectivity index (χ0) is 9.97. The highest BCUT2D eigenvalue weighted by atomic mass is 16.6. The monoisotopic (exact) mass is 198 g/mol. The maximum atomic E-state index is 11.4. The first-order valence-electron chi connectivity index (χ1n) is 4.94. The largest absolute Gasteiger partial charge is 0.461 e. The molecule has 0 unspecified atom stereocenters. The van der Waals surface area contributed by atoms with Gasteiger partial charge in [-0.25, -0.2) is 4.79 Å². The SMILES string of the molecule is CCOC(=O)C1=NO[C@H]2CNCC[C@@H]12. The average Bonchev–Trinajstić information content (AvgIpc) is 2.61. The molecular formula is C9H14N2O3. The summed E-state index contributed by atoms with van der Waals surface area (Å²) >= 11 is 0. The Bertz CT molecular complexity index is 265. The number of hydrogen-bond acceptors (Lipinski definition) is 5. The Balaban J connectivity index is 2.02. The van der Waals surface area contributed by atoms with E-state index in [0.717, 1.165) is 19.5 Å². The molecule has 2 atom stereocenters. The fourth-order valence-corrected chi connectivity index (χ4v) is 1.84. The average molecular weight is 198 g/mol. The van der Waals surface area contributed by atoms with Crippen LogP contribution in [0, 0.1) is 5.92 Å². The number of esters is 1. The van der Waals surface area contributed by atoms with E-state index >= 15 is 0 Å². The molecule has 0 amide bonds. The highest BCUT2D eigenvalue weighted by molar-refractivity contribution is 6.37. The Morgan fingerprint density at radius 3 is 3.43 bits per heavy atom. The molecule has 5 nitrogen and oxygen atoms in total. The second-order valence-corrected chi connectivity index (χ2v) is 3.44. The summed E-state index contributed by atoms with van der Waals surface area (Å²) in [5.41, 5.74) is 0.457. The fourth-order valence-electron chi connectivity index (χ4n) is 1.84. The molecule has 0 aromatic heterocycles. The second-order valence-electron chi connectivity index (χ2n) is 3.44. The van der Waals surface area contributed by atoms with Crippen molar-refractivity contribution in [2.75, 3.05) is 19.7 Å². The molecule has 2 rings (SSSR count). The summed E-state index contributed by atoms with van der Waals surface area (Å²) in [5.74, 6) is -0.211. The summed E-state index contributed by atoms with van der Waals surface area (Å²) in [7, 11) is 0. The quantitative estimate of drug-likeness (QED) is 0.630. The van der Waals surface area contributed by atoms with Gasteiger partial charge in [-0.2, -0.15) is 0 Å². The smallest absolute Gasteiger partial charge is 0.356 e. The lowest BCUT2D eigenvalue weighted by molar-refractivity contribution is -0.135. The van der Waals surface area contributed by atoms with Crippen molar-refractivity contribution in [1.29, 1.82) is 0 Å². The molecular weight excluding hydrogens is 184 g/mol. The zero-order valence-corrected chi connectivity index (χ0v) is 8.16. The van der Waals surface area contributed by atoms with Crippen LogP contribution in [0.5, 0.6) is 0 Å². The molecule has 78 valence electrons. The van der Waals surface area contributed by atoms with Crippen molar-refractivity contribution < 1.29 is 14.4 Å². The van der Waals surface area contributed by atoms with Crippen LogP contribution < -0.4 is 5.32 Å². The van der Waals surface area contributed by atoms with Crippen LogP contribution in [0.25, 0.3) is 0 Å². The lowest BCUT2D eigenvalue weighted by atomic mass is 9.91. The van der Waals surface area contributed by atoms with E-state index in [9.17, 15) is 4.79 Å². The molecule has 2 heterocycles. The van der Waals surface area contributed by atoms with Crippen LogP contribution in [0.15, 0.2) is 5.16 Å². The van der Waals surface area contributed by atoms with Crippen molar-refractivity contribution in [1.82, 2.24) is 5.32 Å². The van der Waals surface area contributed by atoms with E-state index in [4.69, 9.17) is 9.57 Å².